The summed E-state index contributed by atoms with van der Waals surface area (Å²) in [5.74, 6) is 0.758. The van der Waals surface area contributed by atoms with Crippen LogP contribution in [0.2, 0.25) is 0 Å². The lowest BCUT2D eigenvalue weighted by Crippen LogP contribution is -2.14. The van der Waals surface area contributed by atoms with E-state index in [1.807, 2.05) is 31.2 Å². The molecule has 0 aliphatic heterocycles. The van der Waals surface area contributed by atoms with Crippen LogP contribution in [0.3, 0.4) is 0 Å². The van der Waals surface area contributed by atoms with E-state index in [0.29, 0.717) is 11.3 Å². The lowest BCUT2D eigenvalue weighted by molar-refractivity contribution is 0.0994. The molecule has 0 aliphatic carbocycles. The third-order valence-corrected chi connectivity index (χ3v) is 4.93. The summed E-state index contributed by atoms with van der Waals surface area (Å²) < 4.78 is 29.9. The number of nitrogens with one attached hydrogen (secondary N) is 1. The van der Waals surface area contributed by atoms with Crippen molar-refractivity contribution in [1.82, 2.24) is 0 Å². The Morgan fingerprint density at radius 2 is 1.67 bits per heavy atom. The number of methoxy groups -OCH3 is 1. The predicted octanol–water partition coefficient (Wildman–Crippen LogP) is 3.43. The Labute approximate surface area is 146 Å². The summed E-state index contributed by atoms with van der Waals surface area (Å²) in [5.41, 5.74) is 0.979. The van der Waals surface area contributed by atoms with E-state index in [4.69, 9.17) is 4.74 Å². The van der Waals surface area contributed by atoms with E-state index in [1.165, 1.54) is 11.8 Å². The highest BCUT2D eigenvalue weighted by Crippen LogP contribution is 2.27. The number of benzene rings is 2. The predicted molar refractivity (Wildman–Crippen MR) is 97.6 cm³/mol. The van der Waals surface area contributed by atoms with Crippen LogP contribution in [-0.2, 0) is 10.0 Å². The zero-order valence-electron chi connectivity index (χ0n) is 13.6. The van der Waals surface area contributed by atoms with Gasteiger partial charge in [-0.1, -0.05) is 0 Å². The molecule has 5 nitrogen and oxygen atoms in total. The average Bonchev–Trinajstić information content (AvgIpc) is 2.54. The van der Waals surface area contributed by atoms with Gasteiger partial charge in [-0.2, -0.15) is 0 Å². The van der Waals surface area contributed by atoms with E-state index in [2.05, 4.69) is 4.72 Å². The fraction of sp³-hybridized carbons (Fsp3) is 0.235. The first-order valence-corrected chi connectivity index (χ1v) is 9.98. The molecule has 0 unspecified atom stereocenters. The molecule has 1 atom stereocenters. The SMILES string of the molecule is COc1ccc(S[C@H](C)C(=O)c2ccc(NS(C)(=O)=O)cc2)cc1. The Kier molecular flexibility index (Phi) is 5.90. The molecular weight excluding hydrogens is 346 g/mol. The molecule has 2 aromatic carbocycles. The second-order valence-electron chi connectivity index (χ2n) is 5.25. The maximum Gasteiger partial charge on any atom is 0.229 e. The molecule has 0 amide bonds. The molecule has 0 bridgehead atoms. The van der Waals surface area contributed by atoms with Gasteiger partial charge in [0.05, 0.1) is 18.6 Å². The van der Waals surface area contributed by atoms with Crippen molar-refractivity contribution in [2.75, 3.05) is 18.1 Å². The molecule has 0 saturated carbocycles. The minimum Gasteiger partial charge on any atom is -0.497 e. The van der Waals surface area contributed by atoms with E-state index in [1.54, 1.807) is 31.4 Å². The van der Waals surface area contributed by atoms with Crippen LogP contribution < -0.4 is 9.46 Å². The zero-order valence-corrected chi connectivity index (χ0v) is 15.3. The normalized spacial score (nSPS) is 12.5. The standard InChI is InChI=1S/C17H19NO4S2/c1-12(23-16-10-8-15(22-2)9-11-16)17(19)13-4-6-14(7-5-13)18-24(3,20)21/h4-12,18H,1-3H3/t12-/m1/s1. The van der Waals surface area contributed by atoms with Crippen LogP contribution in [0.15, 0.2) is 53.4 Å². The third kappa shape index (κ3) is 5.28. The highest BCUT2D eigenvalue weighted by Gasteiger charge is 2.16. The van der Waals surface area contributed by atoms with Crippen molar-refractivity contribution in [3.63, 3.8) is 0 Å². The number of carbonyl (C=O) groups is 1. The molecule has 0 heterocycles. The van der Waals surface area contributed by atoms with Gasteiger partial charge in [-0.3, -0.25) is 9.52 Å². The van der Waals surface area contributed by atoms with Crippen LogP contribution >= 0.6 is 11.8 Å². The first-order chi connectivity index (χ1) is 11.3. The van der Waals surface area contributed by atoms with Crippen molar-refractivity contribution < 1.29 is 17.9 Å². The van der Waals surface area contributed by atoms with E-state index in [0.717, 1.165) is 16.9 Å². The summed E-state index contributed by atoms with van der Waals surface area (Å²) in [6, 6.07) is 13.9. The Bertz CT molecular complexity index is 799. The van der Waals surface area contributed by atoms with Crippen LogP contribution in [0.1, 0.15) is 17.3 Å². The number of anilines is 1. The van der Waals surface area contributed by atoms with Gasteiger partial charge in [0.1, 0.15) is 5.75 Å². The van der Waals surface area contributed by atoms with Crippen LogP contribution in [-0.4, -0.2) is 32.8 Å². The van der Waals surface area contributed by atoms with Gasteiger partial charge in [0, 0.05) is 16.1 Å². The fourth-order valence-electron chi connectivity index (χ4n) is 2.06. The van der Waals surface area contributed by atoms with Crippen molar-refractivity contribution in [3.8, 4) is 5.75 Å². The maximum atomic E-state index is 12.5. The number of ether oxygens (including phenoxy) is 1. The minimum absolute atomic E-state index is 0.0123. The maximum absolute atomic E-state index is 12.5. The number of rotatable bonds is 7. The summed E-state index contributed by atoms with van der Waals surface area (Å²) in [4.78, 5) is 13.5. The molecule has 0 radical (unpaired) electrons. The molecule has 128 valence electrons. The van der Waals surface area contributed by atoms with Crippen LogP contribution in [0.25, 0.3) is 0 Å². The summed E-state index contributed by atoms with van der Waals surface area (Å²) in [6.07, 6.45) is 1.08. The van der Waals surface area contributed by atoms with Gasteiger partial charge in [-0.25, -0.2) is 8.42 Å². The number of hydrogen-bond donors (Lipinski definition) is 1. The quantitative estimate of drug-likeness (QED) is 0.601. The summed E-state index contributed by atoms with van der Waals surface area (Å²) >= 11 is 1.46. The Morgan fingerprint density at radius 3 is 2.17 bits per heavy atom. The average molecular weight is 365 g/mol. The molecule has 0 fully saturated rings. The van der Waals surface area contributed by atoms with Gasteiger partial charge in [-0.15, -0.1) is 11.8 Å². The molecule has 0 aliphatic rings. The van der Waals surface area contributed by atoms with Gasteiger partial charge >= 0.3 is 0 Å². The van der Waals surface area contributed by atoms with Gasteiger partial charge in [-0.05, 0) is 55.5 Å². The Hall–Kier alpha value is -1.99. The van der Waals surface area contributed by atoms with Crippen molar-refractivity contribution in [3.05, 3.63) is 54.1 Å². The highest BCUT2D eigenvalue weighted by molar-refractivity contribution is 8.00. The molecule has 0 aromatic heterocycles. The van der Waals surface area contributed by atoms with Crippen molar-refractivity contribution in [2.45, 2.75) is 17.1 Å². The van der Waals surface area contributed by atoms with Gasteiger partial charge < -0.3 is 4.74 Å². The number of hydrogen-bond acceptors (Lipinski definition) is 5. The van der Waals surface area contributed by atoms with E-state index in [9.17, 15) is 13.2 Å². The van der Waals surface area contributed by atoms with E-state index in [-0.39, 0.29) is 11.0 Å². The van der Waals surface area contributed by atoms with Crippen molar-refractivity contribution >= 4 is 33.3 Å². The summed E-state index contributed by atoms with van der Waals surface area (Å²) in [6.45, 7) is 1.85. The third-order valence-electron chi connectivity index (χ3n) is 3.21. The molecule has 1 N–H and O–H groups in total. The Balaban J connectivity index is 2.04. The van der Waals surface area contributed by atoms with Crippen LogP contribution in [0.5, 0.6) is 5.75 Å². The summed E-state index contributed by atoms with van der Waals surface area (Å²) in [7, 11) is -1.71. The topological polar surface area (TPSA) is 72.5 Å². The number of thioether (sulfide) groups is 1. The fourth-order valence-corrected chi connectivity index (χ4v) is 3.57. The monoisotopic (exact) mass is 365 g/mol. The Morgan fingerprint density at radius 1 is 1.08 bits per heavy atom. The van der Waals surface area contributed by atoms with E-state index >= 15 is 0 Å². The number of Topliss-reactive ketones (excluding diaryl/α,β-unsaturated/α-hetero) is 1. The molecule has 7 heteroatoms. The molecule has 2 rings (SSSR count). The second-order valence-corrected chi connectivity index (χ2v) is 8.41. The molecular formula is C17H19NO4S2. The number of ketones is 1. The minimum atomic E-state index is -3.32. The first kappa shape index (κ1) is 18.4. The second kappa shape index (κ2) is 7.72. The lowest BCUT2D eigenvalue weighted by Gasteiger charge is -2.11. The van der Waals surface area contributed by atoms with Crippen molar-refractivity contribution in [2.24, 2.45) is 0 Å². The van der Waals surface area contributed by atoms with Gasteiger partial charge in [0.25, 0.3) is 0 Å². The zero-order chi connectivity index (χ0) is 17.7. The molecule has 0 saturated heterocycles. The lowest BCUT2D eigenvalue weighted by atomic mass is 10.1. The van der Waals surface area contributed by atoms with Gasteiger partial charge in [0.2, 0.25) is 10.0 Å². The molecule has 2 aromatic rings. The number of sulfonamides is 1. The first-order valence-electron chi connectivity index (χ1n) is 7.21. The van der Waals surface area contributed by atoms with Crippen molar-refractivity contribution in [1.29, 1.82) is 0 Å². The highest BCUT2D eigenvalue weighted by atomic mass is 32.2. The van der Waals surface area contributed by atoms with E-state index < -0.39 is 10.0 Å². The van der Waals surface area contributed by atoms with Crippen LogP contribution in [0, 0.1) is 0 Å². The van der Waals surface area contributed by atoms with Crippen LogP contribution in [0.4, 0.5) is 5.69 Å². The summed E-state index contributed by atoms with van der Waals surface area (Å²) in [5, 5.41) is -0.257. The number of carbonyl (C=O) groups excluding carboxylic acids is 1. The molecule has 0 spiro atoms. The van der Waals surface area contributed by atoms with Gasteiger partial charge in [0.15, 0.2) is 5.78 Å². The largest absolute Gasteiger partial charge is 0.497 e. The molecule has 24 heavy (non-hydrogen) atoms. The smallest absolute Gasteiger partial charge is 0.229 e.